The first kappa shape index (κ1) is 22.0. The Bertz CT molecular complexity index is 1140. The second-order valence-electron chi connectivity index (χ2n) is 7.86. The van der Waals surface area contributed by atoms with Crippen molar-refractivity contribution in [2.45, 2.75) is 38.1 Å². The number of amides is 2. The lowest BCUT2D eigenvalue weighted by Crippen LogP contribution is -2.36. The van der Waals surface area contributed by atoms with Gasteiger partial charge in [0, 0.05) is 22.0 Å². The molecule has 164 valence electrons. The summed E-state index contributed by atoms with van der Waals surface area (Å²) in [5, 5.41) is 6.88. The van der Waals surface area contributed by atoms with Crippen LogP contribution in [0.4, 0.5) is 5.00 Å². The zero-order valence-corrected chi connectivity index (χ0v) is 19.2. The van der Waals surface area contributed by atoms with E-state index in [1.807, 2.05) is 12.1 Å². The number of benzene rings is 1. The third-order valence-electron chi connectivity index (χ3n) is 5.50. The quantitative estimate of drug-likeness (QED) is 0.638. The number of hydrogen-bond donors (Lipinski definition) is 2. The van der Waals surface area contributed by atoms with Crippen molar-refractivity contribution in [3.8, 4) is 0 Å². The number of sulfone groups is 1. The van der Waals surface area contributed by atoms with E-state index in [2.05, 4.69) is 10.6 Å². The summed E-state index contributed by atoms with van der Waals surface area (Å²) in [5.41, 5.74) is 2.30. The maximum atomic E-state index is 13.1. The second-order valence-corrected chi connectivity index (χ2v) is 11.6. The van der Waals surface area contributed by atoms with Crippen molar-refractivity contribution in [3.63, 3.8) is 0 Å². The van der Waals surface area contributed by atoms with Gasteiger partial charge in [-0.1, -0.05) is 23.7 Å². The Kier molecular flexibility index (Phi) is 6.50. The van der Waals surface area contributed by atoms with Gasteiger partial charge < -0.3 is 10.6 Å². The maximum Gasteiger partial charge on any atom is 0.254 e. The van der Waals surface area contributed by atoms with Gasteiger partial charge in [0.2, 0.25) is 5.91 Å². The molecule has 0 saturated carbocycles. The van der Waals surface area contributed by atoms with Crippen LogP contribution in [0.1, 0.15) is 45.6 Å². The van der Waals surface area contributed by atoms with Gasteiger partial charge in [0.1, 0.15) is 5.00 Å². The van der Waals surface area contributed by atoms with E-state index in [4.69, 9.17) is 11.6 Å². The van der Waals surface area contributed by atoms with Gasteiger partial charge in [0.15, 0.2) is 9.84 Å². The molecule has 9 heteroatoms. The molecule has 2 aliphatic rings. The number of carbonyl (C=O) groups is 2. The Morgan fingerprint density at radius 3 is 2.58 bits per heavy atom. The molecule has 1 aromatic heterocycles. The molecule has 0 bridgehead atoms. The van der Waals surface area contributed by atoms with Gasteiger partial charge in [0.25, 0.3) is 5.91 Å². The van der Waals surface area contributed by atoms with Gasteiger partial charge in [-0.05, 0) is 61.4 Å². The molecule has 1 aliphatic heterocycles. The third kappa shape index (κ3) is 5.37. The molecule has 0 unspecified atom stereocenters. The van der Waals surface area contributed by atoms with Gasteiger partial charge >= 0.3 is 0 Å². The number of nitrogens with one attached hydrogen (secondary N) is 2. The number of halogens is 1. The van der Waals surface area contributed by atoms with E-state index >= 15 is 0 Å². The number of carbonyl (C=O) groups excluding carboxylic acids is 2. The molecule has 31 heavy (non-hydrogen) atoms. The lowest BCUT2D eigenvalue weighted by Gasteiger charge is -2.15. The van der Waals surface area contributed by atoms with E-state index in [1.54, 1.807) is 18.2 Å². The van der Waals surface area contributed by atoms with E-state index in [0.29, 0.717) is 22.0 Å². The number of anilines is 1. The van der Waals surface area contributed by atoms with Crippen LogP contribution in [0.5, 0.6) is 0 Å². The molecular formula is C22H23ClN2O4S2. The van der Waals surface area contributed by atoms with Gasteiger partial charge in [-0.15, -0.1) is 11.3 Å². The van der Waals surface area contributed by atoms with Crippen LogP contribution >= 0.6 is 22.9 Å². The summed E-state index contributed by atoms with van der Waals surface area (Å²) in [6.07, 6.45) is 7.25. The number of rotatable bonds is 5. The van der Waals surface area contributed by atoms with Gasteiger partial charge in [-0.2, -0.15) is 0 Å². The van der Waals surface area contributed by atoms with Crippen LogP contribution in [-0.4, -0.2) is 37.8 Å². The molecule has 6 nitrogen and oxygen atoms in total. The Labute approximate surface area is 190 Å². The fourth-order valence-electron chi connectivity index (χ4n) is 3.96. The summed E-state index contributed by atoms with van der Waals surface area (Å²) in [4.78, 5) is 26.7. The predicted molar refractivity (Wildman–Crippen MR) is 125 cm³/mol. The molecule has 2 amide bonds. The van der Waals surface area contributed by atoms with Crippen LogP contribution in [0.2, 0.25) is 5.02 Å². The fraction of sp³-hybridized carbons (Fsp3) is 0.364. The van der Waals surface area contributed by atoms with Crippen molar-refractivity contribution in [3.05, 3.63) is 56.9 Å². The standard InChI is InChI=1S/C22H23ClN2O4S2/c23-15-8-5-14(6-9-15)7-10-19(26)25-22-20(17-3-1-2-4-18(17)30-22)21(27)24-16-11-12-31(28,29)13-16/h5-10,16H,1-4,11-13H2,(H,24,27)(H,25,26)/b10-7+/t16-/m1/s1. The Hall–Kier alpha value is -2.16. The second kappa shape index (κ2) is 9.14. The largest absolute Gasteiger partial charge is 0.348 e. The summed E-state index contributed by atoms with van der Waals surface area (Å²) in [5.74, 6) is -0.570. The van der Waals surface area contributed by atoms with Crippen molar-refractivity contribution >= 4 is 55.7 Å². The highest BCUT2D eigenvalue weighted by Gasteiger charge is 2.32. The maximum absolute atomic E-state index is 13.1. The van der Waals surface area contributed by atoms with Crippen LogP contribution in [0, 0.1) is 0 Å². The minimum absolute atomic E-state index is 0.0312. The van der Waals surface area contributed by atoms with E-state index < -0.39 is 9.84 Å². The van der Waals surface area contributed by atoms with Gasteiger partial charge in [-0.3, -0.25) is 9.59 Å². The van der Waals surface area contributed by atoms with Crippen molar-refractivity contribution in [2.75, 3.05) is 16.8 Å². The summed E-state index contributed by atoms with van der Waals surface area (Å²) < 4.78 is 23.5. The molecule has 1 aliphatic carbocycles. The predicted octanol–water partition coefficient (Wildman–Crippen LogP) is 3.85. The molecule has 1 fully saturated rings. The Morgan fingerprint density at radius 1 is 1.13 bits per heavy atom. The van der Waals surface area contributed by atoms with Crippen molar-refractivity contribution < 1.29 is 18.0 Å². The lowest BCUT2D eigenvalue weighted by atomic mass is 9.95. The minimum Gasteiger partial charge on any atom is -0.348 e. The van der Waals surface area contributed by atoms with Gasteiger partial charge in [0.05, 0.1) is 17.1 Å². The average Bonchev–Trinajstić information content (AvgIpc) is 3.26. The molecule has 1 atom stereocenters. The van der Waals surface area contributed by atoms with Crippen LogP contribution < -0.4 is 10.6 Å². The average molecular weight is 479 g/mol. The first-order chi connectivity index (χ1) is 14.8. The van der Waals surface area contributed by atoms with E-state index in [-0.39, 0.29) is 29.4 Å². The van der Waals surface area contributed by atoms with E-state index in [0.717, 1.165) is 41.7 Å². The van der Waals surface area contributed by atoms with Crippen LogP contribution in [-0.2, 0) is 27.5 Å². The fourth-order valence-corrected chi connectivity index (χ4v) is 7.05. The highest BCUT2D eigenvalue weighted by atomic mass is 35.5. The van der Waals surface area contributed by atoms with Crippen molar-refractivity contribution in [1.29, 1.82) is 0 Å². The lowest BCUT2D eigenvalue weighted by molar-refractivity contribution is -0.111. The molecule has 1 aromatic carbocycles. The first-order valence-electron chi connectivity index (χ1n) is 10.2. The highest BCUT2D eigenvalue weighted by Crippen LogP contribution is 2.38. The number of aryl methyl sites for hydroxylation is 1. The summed E-state index contributed by atoms with van der Waals surface area (Å²) in [6, 6.07) is 6.73. The van der Waals surface area contributed by atoms with E-state index in [1.165, 1.54) is 17.4 Å². The van der Waals surface area contributed by atoms with Crippen LogP contribution in [0.15, 0.2) is 30.3 Å². The van der Waals surface area contributed by atoms with Gasteiger partial charge in [-0.25, -0.2) is 8.42 Å². The molecule has 2 N–H and O–H groups in total. The number of hydrogen-bond acceptors (Lipinski definition) is 5. The number of thiophene rings is 1. The topological polar surface area (TPSA) is 92.3 Å². The molecule has 1 saturated heterocycles. The highest BCUT2D eigenvalue weighted by molar-refractivity contribution is 7.91. The first-order valence-corrected chi connectivity index (χ1v) is 13.2. The van der Waals surface area contributed by atoms with Crippen molar-refractivity contribution in [2.24, 2.45) is 0 Å². The van der Waals surface area contributed by atoms with Crippen LogP contribution in [0.25, 0.3) is 6.08 Å². The third-order valence-corrected chi connectivity index (χ3v) is 8.73. The molecular weight excluding hydrogens is 456 g/mol. The van der Waals surface area contributed by atoms with Crippen LogP contribution in [0.3, 0.4) is 0 Å². The molecule has 2 aromatic rings. The SMILES string of the molecule is O=C(/C=C/c1ccc(Cl)cc1)Nc1sc2c(c1C(=O)N[C@@H]1CCS(=O)(=O)C1)CCCC2. The summed E-state index contributed by atoms with van der Waals surface area (Å²) in [6.45, 7) is 0. The minimum atomic E-state index is -3.09. The summed E-state index contributed by atoms with van der Waals surface area (Å²) in [7, 11) is -3.09. The molecule has 0 radical (unpaired) electrons. The zero-order valence-electron chi connectivity index (χ0n) is 16.8. The monoisotopic (exact) mass is 478 g/mol. The number of fused-ring (bicyclic) bond motifs is 1. The molecule has 0 spiro atoms. The van der Waals surface area contributed by atoms with Crippen molar-refractivity contribution in [1.82, 2.24) is 5.32 Å². The Balaban J connectivity index is 1.53. The molecule has 4 rings (SSSR count). The zero-order chi connectivity index (χ0) is 22.0. The molecule has 2 heterocycles. The normalized spacial score (nSPS) is 19.8. The smallest absolute Gasteiger partial charge is 0.254 e. The summed E-state index contributed by atoms with van der Waals surface area (Å²) >= 11 is 7.32. The Morgan fingerprint density at radius 2 is 1.87 bits per heavy atom. The van der Waals surface area contributed by atoms with E-state index in [9.17, 15) is 18.0 Å².